The molecule has 0 bridgehead atoms. The average Bonchev–Trinajstić information content (AvgIpc) is 2.54. The molecule has 2 rings (SSSR count). The van der Waals surface area contributed by atoms with Gasteiger partial charge in [0, 0.05) is 5.69 Å². The molecule has 0 atom stereocenters. The highest BCUT2D eigenvalue weighted by atomic mass is 32.3. The Hall–Kier alpha value is -2.31. The van der Waals surface area contributed by atoms with Crippen molar-refractivity contribution in [2.24, 2.45) is 0 Å². The van der Waals surface area contributed by atoms with Gasteiger partial charge in [0.1, 0.15) is 5.75 Å². The summed E-state index contributed by atoms with van der Waals surface area (Å²) in [5.41, 5.74) is 0.00363. The summed E-state index contributed by atoms with van der Waals surface area (Å²) in [6, 6.07) is 10.2. The molecule has 0 saturated heterocycles. The van der Waals surface area contributed by atoms with Gasteiger partial charge >= 0.3 is 0 Å². The standard InChI is InChI=1S/C15H18N2O7S3/c1-24-14-8-10-15(11-9-14)27(22,23)17(26(3,20)21)13-6-4-12(5-7-13)16-25(2,18)19/h4-11,16H,1-3H3. The van der Waals surface area contributed by atoms with E-state index in [0.717, 1.165) is 12.5 Å². The third kappa shape index (κ3) is 5.11. The number of hydrogen-bond donors (Lipinski definition) is 1. The molecule has 27 heavy (non-hydrogen) atoms. The number of hydrogen-bond acceptors (Lipinski definition) is 7. The molecule has 2 aromatic rings. The van der Waals surface area contributed by atoms with Gasteiger partial charge in [-0.15, -0.1) is 0 Å². The predicted octanol–water partition coefficient (Wildman–Crippen LogP) is 1.22. The monoisotopic (exact) mass is 434 g/mol. The number of nitrogens with one attached hydrogen (secondary N) is 1. The van der Waals surface area contributed by atoms with Crippen LogP contribution in [0, 0.1) is 0 Å². The van der Waals surface area contributed by atoms with Gasteiger partial charge in [0.05, 0.1) is 30.2 Å². The van der Waals surface area contributed by atoms with Gasteiger partial charge in [0.25, 0.3) is 10.0 Å². The lowest BCUT2D eigenvalue weighted by molar-refractivity contribution is 0.414. The molecule has 12 heteroatoms. The van der Waals surface area contributed by atoms with E-state index in [2.05, 4.69) is 4.72 Å². The number of methoxy groups -OCH3 is 1. The van der Waals surface area contributed by atoms with E-state index in [-0.39, 0.29) is 20.0 Å². The first-order valence-electron chi connectivity index (χ1n) is 7.32. The molecule has 0 aliphatic carbocycles. The Bertz CT molecular complexity index is 1120. The van der Waals surface area contributed by atoms with Crippen molar-refractivity contribution in [1.29, 1.82) is 0 Å². The van der Waals surface area contributed by atoms with Crippen LogP contribution in [0.25, 0.3) is 0 Å². The first-order valence-corrected chi connectivity index (χ1v) is 12.5. The Labute approximate surface area is 158 Å². The van der Waals surface area contributed by atoms with Crippen LogP contribution in [0.2, 0.25) is 0 Å². The molecule has 0 aliphatic rings. The van der Waals surface area contributed by atoms with Crippen LogP contribution in [0.15, 0.2) is 53.4 Å². The van der Waals surface area contributed by atoms with Gasteiger partial charge in [-0.2, -0.15) is 3.71 Å². The molecule has 0 saturated carbocycles. The Morgan fingerprint density at radius 3 is 1.74 bits per heavy atom. The van der Waals surface area contributed by atoms with Crippen molar-refractivity contribution >= 4 is 41.4 Å². The highest BCUT2D eigenvalue weighted by Crippen LogP contribution is 2.28. The summed E-state index contributed by atoms with van der Waals surface area (Å²) in [7, 11) is -10.8. The summed E-state index contributed by atoms with van der Waals surface area (Å²) in [6.45, 7) is 0. The molecule has 0 spiro atoms. The molecule has 148 valence electrons. The number of sulfonamides is 3. The van der Waals surface area contributed by atoms with Gasteiger partial charge in [-0.25, -0.2) is 25.3 Å². The minimum Gasteiger partial charge on any atom is -0.497 e. The van der Waals surface area contributed by atoms with Crippen LogP contribution in [0.4, 0.5) is 11.4 Å². The third-order valence-electron chi connectivity index (χ3n) is 3.26. The van der Waals surface area contributed by atoms with Gasteiger partial charge in [-0.1, -0.05) is 0 Å². The van der Waals surface area contributed by atoms with Crippen molar-refractivity contribution in [3.8, 4) is 5.75 Å². The fourth-order valence-corrected chi connectivity index (χ4v) is 6.04. The zero-order valence-corrected chi connectivity index (χ0v) is 17.1. The summed E-state index contributed by atoms with van der Waals surface area (Å²) in [6.07, 6.45) is 1.72. The van der Waals surface area contributed by atoms with E-state index in [0.29, 0.717) is 5.75 Å². The first-order chi connectivity index (χ1) is 12.3. The van der Waals surface area contributed by atoms with Crippen molar-refractivity contribution in [1.82, 2.24) is 0 Å². The van der Waals surface area contributed by atoms with E-state index in [4.69, 9.17) is 4.74 Å². The molecule has 9 nitrogen and oxygen atoms in total. The second-order valence-electron chi connectivity index (χ2n) is 5.56. The van der Waals surface area contributed by atoms with Gasteiger partial charge in [-0.05, 0) is 48.5 Å². The molecule has 0 amide bonds. The lowest BCUT2D eigenvalue weighted by Crippen LogP contribution is -2.36. The van der Waals surface area contributed by atoms with Gasteiger partial charge in [0.15, 0.2) is 0 Å². The summed E-state index contributed by atoms with van der Waals surface area (Å²) >= 11 is 0. The Balaban J connectivity index is 2.52. The summed E-state index contributed by atoms with van der Waals surface area (Å²) < 4.78 is 80.1. The minimum absolute atomic E-state index is 0.160. The maximum absolute atomic E-state index is 12.9. The summed E-state index contributed by atoms with van der Waals surface area (Å²) in [5.74, 6) is 0.413. The predicted molar refractivity (Wildman–Crippen MR) is 102 cm³/mol. The molecule has 0 radical (unpaired) electrons. The number of anilines is 2. The van der Waals surface area contributed by atoms with E-state index in [9.17, 15) is 25.3 Å². The van der Waals surface area contributed by atoms with Crippen molar-refractivity contribution in [3.63, 3.8) is 0 Å². The largest absolute Gasteiger partial charge is 0.497 e. The van der Waals surface area contributed by atoms with E-state index >= 15 is 0 Å². The number of rotatable bonds is 7. The van der Waals surface area contributed by atoms with Crippen LogP contribution in [-0.4, -0.2) is 44.9 Å². The van der Waals surface area contributed by atoms with Gasteiger partial charge in [0.2, 0.25) is 20.0 Å². The average molecular weight is 435 g/mol. The molecule has 0 aliphatic heterocycles. The maximum atomic E-state index is 12.9. The fourth-order valence-electron chi connectivity index (χ4n) is 2.22. The lowest BCUT2D eigenvalue weighted by Gasteiger charge is -2.22. The maximum Gasteiger partial charge on any atom is 0.277 e. The van der Waals surface area contributed by atoms with Crippen LogP contribution in [0.3, 0.4) is 0 Å². The zero-order valence-electron chi connectivity index (χ0n) is 14.6. The van der Waals surface area contributed by atoms with Gasteiger partial charge < -0.3 is 4.74 Å². The number of nitrogens with zero attached hydrogens (tertiary/aromatic N) is 1. The van der Waals surface area contributed by atoms with Crippen LogP contribution in [-0.2, 0) is 30.1 Å². The molecule has 0 unspecified atom stereocenters. The van der Waals surface area contributed by atoms with E-state index < -0.39 is 30.1 Å². The quantitative estimate of drug-likeness (QED) is 0.694. The summed E-state index contributed by atoms with van der Waals surface area (Å²) in [5, 5.41) is 0. The van der Waals surface area contributed by atoms with Crippen molar-refractivity contribution in [2.75, 3.05) is 28.1 Å². The highest BCUT2D eigenvalue weighted by molar-refractivity contribution is 8.10. The molecule has 1 N–H and O–H groups in total. The Morgan fingerprint density at radius 2 is 1.33 bits per heavy atom. The van der Waals surface area contributed by atoms with Crippen molar-refractivity contribution in [3.05, 3.63) is 48.5 Å². The van der Waals surface area contributed by atoms with Crippen LogP contribution < -0.4 is 13.2 Å². The lowest BCUT2D eigenvalue weighted by atomic mass is 10.3. The third-order valence-corrected chi connectivity index (χ3v) is 7.59. The second kappa shape index (κ2) is 7.37. The van der Waals surface area contributed by atoms with E-state index in [1.807, 2.05) is 0 Å². The zero-order chi connectivity index (χ0) is 20.5. The first kappa shape index (κ1) is 21.0. The molecule has 0 heterocycles. The molecule has 2 aromatic carbocycles. The number of benzene rings is 2. The normalized spacial score (nSPS) is 12.4. The molecule has 0 aromatic heterocycles. The van der Waals surface area contributed by atoms with E-state index in [1.54, 1.807) is 0 Å². The fraction of sp³-hybridized carbons (Fsp3) is 0.200. The second-order valence-corrected chi connectivity index (χ2v) is 11.2. The smallest absolute Gasteiger partial charge is 0.277 e. The molecular weight excluding hydrogens is 416 g/mol. The Kier molecular flexibility index (Phi) is 5.73. The number of ether oxygens (including phenoxy) is 1. The Morgan fingerprint density at radius 1 is 0.815 bits per heavy atom. The highest BCUT2D eigenvalue weighted by Gasteiger charge is 2.32. The van der Waals surface area contributed by atoms with Crippen LogP contribution in [0.5, 0.6) is 5.75 Å². The van der Waals surface area contributed by atoms with E-state index in [1.165, 1.54) is 55.6 Å². The topological polar surface area (TPSA) is 127 Å². The van der Waals surface area contributed by atoms with Gasteiger partial charge in [-0.3, -0.25) is 4.72 Å². The van der Waals surface area contributed by atoms with Crippen LogP contribution in [0.1, 0.15) is 0 Å². The van der Waals surface area contributed by atoms with Crippen molar-refractivity contribution < 1.29 is 30.0 Å². The van der Waals surface area contributed by atoms with Crippen molar-refractivity contribution in [2.45, 2.75) is 4.90 Å². The molecule has 0 fully saturated rings. The molecular formula is C15H18N2O7S3. The van der Waals surface area contributed by atoms with Crippen LogP contribution >= 0.6 is 0 Å². The minimum atomic E-state index is -4.43. The summed E-state index contributed by atoms with van der Waals surface area (Å²) in [4.78, 5) is -0.243. The SMILES string of the molecule is COc1ccc(S(=O)(=O)N(c2ccc(NS(C)(=O)=O)cc2)S(C)(=O)=O)cc1.